The lowest BCUT2D eigenvalue weighted by atomic mass is 10.2. The van der Waals surface area contributed by atoms with Crippen LogP contribution in [0.15, 0.2) is 78.9 Å². The fourth-order valence-corrected chi connectivity index (χ4v) is 3.37. The summed E-state index contributed by atoms with van der Waals surface area (Å²) in [4.78, 5) is 21.5. The van der Waals surface area contributed by atoms with Gasteiger partial charge < -0.3 is 16.0 Å². The van der Waals surface area contributed by atoms with Crippen LogP contribution in [0.4, 0.5) is 28.8 Å². The first-order chi connectivity index (χ1) is 15.5. The van der Waals surface area contributed by atoms with Gasteiger partial charge in [-0.05, 0) is 61.5 Å². The van der Waals surface area contributed by atoms with E-state index in [1.807, 2.05) is 55.5 Å². The molecule has 1 amide bonds. The standard InChI is InChI=1S/C24H19Cl2N5O/c1-15-13-22(28-17-5-3-2-4-6-17)31-24(27-15)30-19-10-8-18(9-11-19)29-23(32)20-14-16(25)7-12-21(20)26/h2-14H,1H3,(H,29,32)(H2,27,28,30,31). The predicted molar refractivity (Wildman–Crippen MR) is 131 cm³/mol. The Labute approximate surface area is 195 Å². The minimum atomic E-state index is -0.336. The van der Waals surface area contributed by atoms with Crippen LogP contribution in [-0.4, -0.2) is 15.9 Å². The molecule has 1 aromatic heterocycles. The average Bonchev–Trinajstić information content (AvgIpc) is 2.77. The molecule has 0 aliphatic heterocycles. The maximum Gasteiger partial charge on any atom is 0.257 e. The normalized spacial score (nSPS) is 10.5. The number of benzene rings is 3. The fourth-order valence-electron chi connectivity index (χ4n) is 2.99. The smallest absolute Gasteiger partial charge is 0.257 e. The van der Waals surface area contributed by atoms with Gasteiger partial charge >= 0.3 is 0 Å². The number of carbonyl (C=O) groups is 1. The van der Waals surface area contributed by atoms with Crippen LogP contribution in [0.1, 0.15) is 16.1 Å². The van der Waals surface area contributed by atoms with Gasteiger partial charge in [0.25, 0.3) is 5.91 Å². The summed E-state index contributed by atoms with van der Waals surface area (Å²) in [6.45, 7) is 1.91. The number of rotatable bonds is 6. The van der Waals surface area contributed by atoms with Gasteiger partial charge in [0.2, 0.25) is 5.95 Å². The van der Waals surface area contributed by atoms with E-state index in [-0.39, 0.29) is 5.91 Å². The highest BCUT2D eigenvalue weighted by molar-refractivity contribution is 6.36. The number of halogens is 2. The second kappa shape index (κ2) is 9.68. The summed E-state index contributed by atoms with van der Waals surface area (Å²) < 4.78 is 0. The van der Waals surface area contributed by atoms with Gasteiger partial charge in [0, 0.05) is 33.8 Å². The predicted octanol–water partition coefficient (Wildman–Crippen LogP) is 6.83. The molecule has 0 spiro atoms. The lowest BCUT2D eigenvalue weighted by Gasteiger charge is -2.11. The zero-order valence-corrected chi connectivity index (χ0v) is 18.6. The Hall–Kier alpha value is -3.61. The van der Waals surface area contributed by atoms with Gasteiger partial charge in [0.15, 0.2) is 0 Å². The first kappa shape index (κ1) is 21.6. The molecule has 4 aromatic rings. The summed E-state index contributed by atoms with van der Waals surface area (Å²) >= 11 is 12.1. The van der Waals surface area contributed by atoms with E-state index < -0.39 is 0 Å². The van der Waals surface area contributed by atoms with Crippen molar-refractivity contribution in [2.24, 2.45) is 0 Å². The first-order valence-electron chi connectivity index (χ1n) is 9.77. The van der Waals surface area contributed by atoms with Crippen LogP contribution >= 0.6 is 23.2 Å². The number of aromatic nitrogens is 2. The van der Waals surface area contributed by atoms with E-state index in [4.69, 9.17) is 23.2 Å². The Kier molecular flexibility index (Phi) is 6.54. The zero-order chi connectivity index (χ0) is 22.5. The monoisotopic (exact) mass is 463 g/mol. The summed E-state index contributed by atoms with van der Waals surface area (Å²) in [6, 6.07) is 23.6. The van der Waals surface area contributed by atoms with Crippen molar-refractivity contribution in [2.75, 3.05) is 16.0 Å². The highest BCUT2D eigenvalue weighted by Crippen LogP contribution is 2.23. The molecule has 3 N–H and O–H groups in total. The second-order valence-electron chi connectivity index (χ2n) is 6.99. The number of hydrogen-bond donors (Lipinski definition) is 3. The average molecular weight is 464 g/mol. The molecule has 8 heteroatoms. The highest BCUT2D eigenvalue weighted by atomic mass is 35.5. The summed E-state index contributed by atoms with van der Waals surface area (Å²) in [7, 11) is 0. The van der Waals surface area contributed by atoms with Gasteiger partial charge in [-0.15, -0.1) is 0 Å². The molecule has 0 aliphatic rings. The SMILES string of the molecule is Cc1cc(Nc2ccccc2)nc(Nc2ccc(NC(=O)c3cc(Cl)ccc3Cl)cc2)n1. The van der Waals surface area contributed by atoms with Crippen molar-refractivity contribution in [3.8, 4) is 0 Å². The molecule has 0 bridgehead atoms. The summed E-state index contributed by atoms with van der Waals surface area (Å²) in [6.07, 6.45) is 0. The number of carbonyl (C=O) groups excluding carboxylic acids is 1. The van der Waals surface area contributed by atoms with Crippen LogP contribution in [-0.2, 0) is 0 Å². The van der Waals surface area contributed by atoms with Crippen molar-refractivity contribution in [1.29, 1.82) is 0 Å². The largest absolute Gasteiger partial charge is 0.340 e. The lowest BCUT2D eigenvalue weighted by Crippen LogP contribution is -2.12. The van der Waals surface area contributed by atoms with Crippen LogP contribution in [0.3, 0.4) is 0 Å². The maximum atomic E-state index is 12.5. The summed E-state index contributed by atoms with van der Waals surface area (Å²) in [5, 5.41) is 10.0. The molecule has 0 fully saturated rings. The number of para-hydroxylation sites is 1. The second-order valence-corrected chi connectivity index (χ2v) is 7.83. The minimum absolute atomic E-state index is 0.313. The van der Waals surface area contributed by atoms with Crippen molar-refractivity contribution < 1.29 is 4.79 Å². The first-order valence-corrected chi connectivity index (χ1v) is 10.5. The third-order valence-electron chi connectivity index (χ3n) is 4.47. The topological polar surface area (TPSA) is 78.9 Å². The minimum Gasteiger partial charge on any atom is -0.340 e. The number of nitrogens with zero attached hydrogens (tertiary/aromatic N) is 2. The van der Waals surface area contributed by atoms with E-state index >= 15 is 0 Å². The Balaban J connectivity index is 1.44. The Bertz CT molecular complexity index is 1250. The van der Waals surface area contributed by atoms with E-state index in [2.05, 4.69) is 25.9 Å². The van der Waals surface area contributed by atoms with Gasteiger partial charge in [-0.1, -0.05) is 41.4 Å². The van der Waals surface area contributed by atoms with Crippen LogP contribution in [0.25, 0.3) is 0 Å². The molecule has 160 valence electrons. The summed E-state index contributed by atoms with van der Waals surface area (Å²) in [5.74, 6) is 0.816. The van der Waals surface area contributed by atoms with E-state index in [1.165, 1.54) is 6.07 Å². The molecule has 0 unspecified atom stereocenters. The molecular weight excluding hydrogens is 445 g/mol. The molecule has 3 aromatic carbocycles. The van der Waals surface area contributed by atoms with Crippen molar-refractivity contribution in [2.45, 2.75) is 6.92 Å². The molecular formula is C24H19Cl2N5O. The maximum absolute atomic E-state index is 12.5. The van der Waals surface area contributed by atoms with E-state index in [1.54, 1.807) is 24.3 Å². The lowest BCUT2D eigenvalue weighted by molar-refractivity contribution is 0.102. The molecule has 0 radical (unpaired) electrons. The third-order valence-corrected chi connectivity index (χ3v) is 5.04. The van der Waals surface area contributed by atoms with Gasteiger partial charge in [0.05, 0.1) is 10.6 Å². The quantitative estimate of drug-likeness (QED) is 0.292. The molecule has 1 heterocycles. The number of hydrogen-bond acceptors (Lipinski definition) is 5. The molecule has 0 aliphatic carbocycles. The van der Waals surface area contributed by atoms with Crippen LogP contribution in [0.2, 0.25) is 10.0 Å². The van der Waals surface area contributed by atoms with Gasteiger partial charge in [-0.2, -0.15) is 4.98 Å². The van der Waals surface area contributed by atoms with Gasteiger partial charge in [-0.25, -0.2) is 4.98 Å². The molecule has 0 saturated heterocycles. The van der Waals surface area contributed by atoms with Crippen molar-refractivity contribution in [3.63, 3.8) is 0 Å². The van der Waals surface area contributed by atoms with Crippen molar-refractivity contribution in [1.82, 2.24) is 9.97 Å². The fraction of sp³-hybridized carbons (Fsp3) is 0.0417. The highest BCUT2D eigenvalue weighted by Gasteiger charge is 2.11. The molecule has 6 nitrogen and oxygen atoms in total. The van der Waals surface area contributed by atoms with Gasteiger partial charge in [0.1, 0.15) is 5.82 Å². The molecule has 0 atom stereocenters. The number of aryl methyl sites for hydroxylation is 1. The Morgan fingerprint density at radius 2 is 1.47 bits per heavy atom. The zero-order valence-electron chi connectivity index (χ0n) is 17.1. The molecule has 0 saturated carbocycles. The van der Waals surface area contributed by atoms with Crippen LogP contribution < -0.4 is 16.0 Å². The van der Waals surface area contributed by atoms with Crippen LogP contribution in [0, 0.1) is 6.92 Å². The number of amides is 1. The summed E-state index contributed by atoms with van der Waals surface area (Å²) in [5.41, 5.74) is 3.47. The van der Waals surface area contributed by atoms with Crippen molar-refractivity contribution >= 4 is 57.9 Å². The van der Waals surface area contributed by atoms with Crippen molar-refractivity contribution in [3.05, 3.63) is 100 Å². The molecule has 4 rings (SSSR count). The number of nitrogens with one attached hydrogen (secondary N) is 3. The van der Waals surface area contributed by atoms with E-state index in [0.29, 0.717) is 33.1 Å². The van der Waals surface area contributed by atoms with Gasteiger partial charge in [-0.3, -0.25) is 4.79 Å². The number of anilines is 5. The van der Waals surface area contributed by atoms with E-state index in [0.717, 1.165) is 17.1 Å². The molecule has 32 heavy (non-hydrogen) atoms. The van der Waals surface area contributed by atoms with E-state index in [9.17, 15) is 4.79 Å². The Morgan fingerprint density at radius 3 is 2.22 bits per heavy atom. The van der Waals surface area contributed by atoms with Crippen LogP contribution in [0.5, 0.6) is 0 Å². The third kappa shape index (κ3) is 5.55. The Morgan fingerprint density at radius 1 is 0.781 bits per heavy atom.